The third kappa shape index (κ3) is 5.85. The molecule has 3 unspecified atom stereocenters. The summed E-state index contributed by atoms with van der Waals surface area (Å²) < 4.78 is 31.1. The van der Waals surface area contributed by atoms with Crippen molar-refractivity contribution in [2.24, 2.45) is 0 Å². The van der Waals surface area contributed by atoms with Gasteiger partial charge in [-0.05, 0) is 45.7 Å². The highest BCUT2D eigenvalue weighted by atomic mass is 31.1. The second-order valence-corrected chi connectivity index (χ2v) is 9.77. The van der Waals surface area contributed by atoms with Gasteiger partial charge in [0.25, 0.3) is 0 Å². The Morgan fingerprint density at radius 1 is 1.14 bits per heavy atom. The zero-order chi connectivity index (χ0) is 26.4. The van der Waals surface area contributed by atoms with Crippen LogP contribution in [0.5, 0.6) is 0 Å². The molecular weight excluding hydrogens is 480 g/mol. The highest BCUT2D eigenvalue weighted by molar-refractivity contribution is 7.38. The molecule has 2 aromatic carbocycles. The van der Waals surface area contributed by atoms with Crippen LogP contribution in [0.15, 0.2) is 54.6 Å². The van der Waals surface area contributed by atoms with Crippen molar-refractivity contribution in [3.63, 3.8) is 0 Å². The minimum absolute atomic E-state index is 0.213. The van der Waals surface area contributed by atoms with E-state index in [1.807, 2.05) is 51.1 Å². The number of carbonyl (C=O) groups excluding carboxylic acids is 1. The van der Waals surface area contributed by atoms with Gasteiger partial charge in [-0.3, -0.25) is 9.78 Å². The maximum atomic E-state index is 13.9. The Balaban J connectivity index is 2.42. The van der Waals surface area contributed by atoms with Gasteiger partial charge in [0.15, 0.2) is 0 Å². The van der Waals surface area contributed by atoms with Crippen molar-refractivity contribution < 1.29 is 28.5 Å². The molecule has 0 fully saturated rings. The first-order valence-electron chi connectivity index (χ1n) is 11.6. The van der Waals surface area contributed by atoms with Gasteiger partial charge < -0.3 is 9.84 Å². The van der Waals surface area contributed by atoms with Gasteiger partial charge in [-0.15, -0.1) is 0 Å². The molecule has 36 heavy (non-hydrogen) atoms. The molecule has 0 bridgehead atoms. The largest absolute Gasteiger partial charge is 0.516 e. The first-order valence-corrected chi connectivity index (χ1v) is 12.8. The van der Waals surface area contributed by atoms with Crippen LogP contribution in [0.2, 0.25) is 0 Å². The molecule has 3 aromatic rings. The van der Waals surface area contributed by atoms with Crippen LogP contribution in [0.3, 0.4) is 0 Å². The topological polar surface area (TPSA) is 96.7 Å². The summed E-state index contributed by atoms with van der Waals surface area (Å²) in [4.78, 5) is 27.4. The molecule has 1 aromatic heterocycles. The number of benzene rings is 2. The predicted octanol–water partition coefficient (Wildman–Crippen LogP) is 5.90. The SMILES string of the molecule is C#COC(=O)CC(O)C(c1c(C(C)C)nc(-c2ccccc2)c(CC)c1-c1ccc(F)cc1)[P+](=O)O. The van der Waals surface area contributed by atoms with E-state index >= 15 is 0 Å². The van der Waals surface area contributed by atoms with Gasteiger partial charge in [0.2, 0.25) is 5.66 Å². The first kappa shape index (κ1) is 27.2. The molecule has 6 nitrogen and oxygen atoms in total. The molecule has 3 rings (SSSR count). The Morgan fingerprint density at radius 3 is 2.31 bits per heavy atom. The van der Waals surface area contributed by atoms with E-state index in [1.54, 1.807) is 18.2 Å². The number of esters is 1. The fourth-order valence-electron chi connectivity index (χ4n) is 4.36. The normalized spacial score (nSPS) is 13.1. The molecule has 8 heteroatoms. The van der Waals surface area contributed by atoms with Crippen molar-refractivity contribution in [3.8, 4) is 34.9 Å². The summed E-state index contributed by atoms with van der Waals surface area (Å²) in [7, 11) is -3.03. The third-order valence-electron chi connectivity index (χ3n) is 5.89. The Labute approximate surface area is 211 Å². The van der Waals surface area contributed by atoms with E-state index in [4.69, 9.17) is 11.4 Å². The van der Waals surface area contributed by atoms with Crippen LogP contribution in [0.25, 0.3) is 22.4 Å². The van der Waals surface area contributed by atoms with E-state index in [9.17, 15) is 23.7 Å². The number of hydrogen-bond acceptors (Lipinski definition) is 5. The van der Waals surface area contributed by atoms with Gasteiger partial charge in [0.05, 0.1) is 17.8 Å². The van der Waals surface area contributed by atoms with Gasteiger partial charge >= 0.3 is 14.0 Å². The Morgan fingerprint density at radius 2 is 1.78 bits per heavy atom. The smallest absolute Gasteiger partial charge is 0.387 e. The lowest BCUT2D eigenvalue weighted by atomic mass is 9.84. The maximum absolute atomic E-state index is 13.9. The van der Waals surface area contributed by atoms with Crippen LogP contribution in [-0.2, 0) is 20.5 Å². The Bertz CT molecular complexity index is 1290. The number of nitrogens with zero attached hydrogens (tertiary/aromatic N) is 1. The van der Waals surface area contributed by atoms with Crippen LogP contribution in [-0.4, -0.2) is 27.1 Å². The molecule has 0 saturated carbocycles. The highest BCUT2D eigenvalue weighted by Crippen LogP contribution is 2.50. The van der Waals surface area contributed by atoms with Gasteiger partial charge in [-0.1, -0.05) is 69.7 Å². The Kier molecular flexibility index (Phi) is 9.06. The van der Waals surface area contributed by atoms with Crippen LogP contribution >= 0.6 is 8.03 Å². The van der Waals surface area contributed by atoms with Crippen LogP contribution in [0, 0.1) is 18.3 Å². The standard InChI is InChI=1S/C28H27FNO5P/c1-5-21-24(18-12-14-20(29)15-13-18)25(28(36(33)34)22(31)16-23(32)35-6-2)26(17(3)4)30-27(21)19-10-8-7-9-11-19/h2,7-15,17,22,28,31H,5,16H2,1,3-4H3/p+1. The summed E-state index contributed by atoms with van der Waals surface area (Å²) >= 11 is 0. The van der Waals surface area contributed by atoms with Crippen molar-refractivity contribution in [1.29, 1.82) is 0 Å². The number of aliphatic hydroxyl groups excluding tert-OH is 1. The molecule has 2 N–H and O–H groups in total. The summed E-state index contributed by atoms with van der Waals surface area (Å²) in [6, 6.07) is 15.3. The molecular formula is C28H28FNO5P+. The molecule has 186 valence electrons. The number of terminal acetylenes is 1. The second kappa shape index (κ2) is 12.0. The zero-order valence-electron chi connectivity index (χ0n) is 20.3. The first-order chi connectivity index (χ1) is 17.2. The summed E-state index contributed by atoms with van der Waals surface area (Å²) in [6.45, 7) is 5.71. The van der Waals surface area contributed by atoms with Gasteiger partial charge in [0.1, 0.15) is 18.0 Å². The molecule has 0 spiro atoms. The van der Waals surface area contributed by atoms with Gasteiger partial charge in [-0.2, -0.15) is 4.89 Å². The number of carbonyl (C=O) groups is 1. The summed E-state index contributed by atoms with van der Waals surface area (Å²) in [5, 5.41) is 11.0. The fraction of sp³-hybridized carbons (Fsp3) is 0.286. The molecule has 0 radical (unpaired) electrons. The van der Waals surface area contributed by atoms with Crippen LogP contribution in [0.4, 0.5) is 4.39 Å². The van der Waals surface area contributed by atoms with Gasteiger partial charge in [-0.25, -0.2) is 4.39 Å². The van der Waals surface area contributed by atoms with Crippen molar-refractivity contribution in [2.75, 3.05) is 0 Å². The minimum atomic E-state index is -3.03. The van der Waals surface area contributed by atoms with Crippen molar-refractivity contribution in [3.05, 3.63) is 77.2 Å². The average molecular weight is 509 g/mol. The number of pyridine rings is 1. The van der Waals surface area contributed by atoms with E-state index < -0.39 is 38.0 Å². The lowest BCUT2D eigenvalue weighted by molar-refractivity contribution is -0.139. The second-order valence-electron chi connectivity index (χ2n) is 8.60. The number of hydrogen-bond donors (Lipinski definition) is 2. The van der Waals surface area contributed by atoms with E-state index in [2.05, 4.69) is 4.74 Å². The summed E-state index contributed by atoms with van der Waals surface area (Å²) in [6.07, 6.45) is 5.11. The Hall–Kier alpha value is -3.43. The molecule has 0 amide bonds. The van der Waals surface area contributed by atoms with Crippen molar-refractivity contribution in [1.82, 2.24) is 4.98 Å². The minimum Gasteiger partial charge on any atom is -0.387 e. The zero-order valence-corrected chi connectivity index (χ0v) is 21.2. The van der Waals surface area contributed by atoms with Crippen molar-refractivity contribution >= 4 is 14.0 Å². The van der Waals surface area contributed by atoms with E-state index in [0.29, 0.717) is 34.5 Å². The highest BCUT2D eigenvalue weighted by Gasteiger charge is 2.44. The summed E-state index contributed by atoms with van der Waals surface area (Å²) in [5.41, 5.74) is 2.98. The van der Waals surface area contributed by atoms with Crippen molar-refractivity contribution in [2.45, 2.75) is 51.3 Å². The molecule has 1 heterocycles. The fourth-order valence-corrected chi connectivity index (χ4v) is 5.24. The lowest BCUT2D eigenvalue weighted by Crippen LogP contribution is -2.24. The molecule has 3 atom stereocenters. The quantitative estimate of drug-likeness (QED) is 0.212. The third-order valence-corrected chi connectivity index (χ3v) is 6.97. The average Bonchev–Trinajstić information content (AvgIpc) is 2.84. The van der Waals surface area contributed by atoms with Gasteiger partial charge in [0, 0.05) is 11.1 Å². The monoisotopic (exact) mass is 508 g/mol. The van der Waals surface area contributed by atoms with Crippen LogP contribution < -0.4 is 0 Å². The molecule has 0 aliphatic carbocycles. The predicted molar refractivity (Wildman–Crippen MR) is 137 cm³/mol. The molecule has 0 aliphatic rings. The molecule has 0 aliphatic heterocycles. The maximum Gasteiger partial charge on any atom is 0.516 e. The number of rotatable bonds is 9. The van der Waals surface area contributed by atoms with Crippen LogP contribution in [0.1, 0.15) is 55.6 Å². The number of ether oxygens (including phenoxy) is 1. The number of halogens is 1. The summed E-state index contributed by atoms with van der Waals surface area (Å²) in [5.74, 6) is -1.54. The lowest BCUT2D eigenvalue weighted by Gasteiger charge is -2.25. The van der Waals surface area contributed by atoms with E-state index in [0.717, 1.165) is 11.1 Å². The van der Waals surface area contributed by atoms with E-state index in [-0.39, 0.29) is 5.92 Å². The van der Waals surface area contributed by atoms with E-state index in [1.165, 1.54) is 12.1 Å². The number of aromatic nitrogens is 1. The number of aliphatic hydroxyl groups is 1. The molecule has 0 saturated heterocycles.